The molecule has 0 aliphatic rings. The standard InChI is InChI=1S/C85H163NO5/c1-3-5-7-9-11-13-15-17-19-20-21-22-40-43-46-50-53-57-61-65-69-73-77-83(88)82(81-87)86-84(89)78-74-70-66-62-58-54-51-47-44-41-38-36-34-32-30-28-26-24-23-25-27-29-31-33-35-37-39-42-45-48-52-56-60-64-68-72-76-80-91-85(90)79-75-71-67-63-59-55-49-18-16-14-12-10-8-6-4-2/h18,23,25,29,31,49,82-83,87-88H,3-17,19-22,24,26-28,30,32-48,50-81H2,1-2H3,(H,86,89)/b25-23-,31-29-,49-18-. The van der Waals surface area contributed by atoms with E-state index in [1.54, 1.807) is 0 Å². The quantitative estimate of drug-likeness (QED) is 0.0320. The van der Waals surface area contributed by atoms with Crippen molar-refractivity contribution in [2.45, 2.75) is 482 Å². The number of aliphatic hydroxyl groups excluding tert-OH is 2. The second kappa shape index (κ2) is 80.5. The van der Waals surface area contributed by atoms with Gasteiger partial charge in [-0.3, -0.25) is 9.59 Å². The Labute approximate surface area is 570 Å². The number of nitrogens with one attached hydrogen (secondary N) is 1. The lowest BCUT2D eigenvalue weighted by molar-refractivity contribution is -0.143. The molecule has 0 rings (SSSR count). The summed E-state index contributed by atoms with van der Waals surface area (Å²) in [5.41, 5.74) is 0. The van der Waals surface area contributed by atoms with Crippen molar-refractivity contribution < 1.29 is 24.5 Å². The number of esters is 1. The van der Waals surface area contributed by atoms with Crippen LogP contribution in [0, 0.1) is 0 Å². The predicted octanol–water partition coefficient (Wildman–Crippen LogP) is 27.8. The van der Waals surface area contributed by atoms with Crippen LogP contribution < -0.4 is 5.32 Å². The Morgan fingerprint density at radius 3 is 0.846 bits per heavy atom. The van der Waals surface area contributed by atoms with Crippen LogP contribution in [0.2, 0.25) is 0 Å². The number of amides is 1. The summed E-state index contributed by atoms with van der Waals surface area (Å²) in [4.78, 5) is 24.7. The lowest BCUT2D eigenvalue weighted by Crippen LogP contribution is -2.45. The van der Waals surface area contributed by atoms with Gasteiger partial charge in [-0.25, -0.2) is 0 Å². The minimum atomic E-state index is -0.664. The van der Waals surface area contributed by atoms with Crippen LogP contribution in [0.15, 0.2) is 36.5 Å². The van der Waals surface area contributed by atoms with Gasteiger partial charge in [-0.05, 0) is 83.5 Å². The van der Waals surface area contributed by atoms with E-state index in [4.69, 9.17) is 4.74 Å². The SMILES string of the molecule is CCCCCCCC/C=C\CCCCCCCC(=O)OCCCCCCCCCCCCCCC/C=C\C/C=C\CCCCCCCCCCCCCCCCCCCC(=O)NC(CO)C(O)CCCCCCCCCCCCCCCCCCCCCCCC. The monoisotopic (exact) mass is 1280 g/mol. The number of ether oxygens (including phenoxy) is 1. The van der Waals surface area contributed by atoms with E-state index in [1.165, 1.54) is 385 Å². The van der Waals surface area contributed by atoms with Crippen LogP contribution in [-0.2, 0) is 14.3 Å². The number of carbonyl (C=O) groups excluding carboxylic acids is 2. The molecule has 6 heteroatoms. The molecule has 91 heavy (non-hydrogen) atoms. The first-order valence-electron chi connectivity index (χ1n) is 41.7. The molecule has 0 saturated heterocycles. The summed E-state index contributed by atoms with van der Waals surface area (Å²) in [5, 5.41) is 23.5. The summed E-state index contributed by atoms with van der Waals surface area (Å²) in [6.07, 6.45) is 105. The summed E-state index contributed by atoms with van der Waals surface area (Å²) < 4.78 is 5.50. The highest BCUT2D eigenvalue weighted by molar-refractivity contribution is 5.76. The molecule has 2 unspecified atom stereocenters. The molecule has 1 amide bonds. The lowest BCUT2D eigenvalue weighted by atomic mass is 10.0. The molecule has 0 spiro atoms. The number of aliphatic hydroxyl groups is 2. The fourth-order valence-electron chi connectivity index (χ4n) is 13.3. The van der Waals surface area contributed by atoms with Crippen molar-refractivity contribution in [3.05, 3.63) is 36.5 Å². The summed E-state index contributed by atoms with van der Waals surface area (Å²) in [5.74, 6) is -0.0152. The van der Waals surface area contributed by atoms with Gasteiger partial charge in [0.25, 0.3) is 0 Å². The van der Waals surface area contributed by atoms with E-state index in [0.717, 1.165) is 51.4 Å². The molecule has 0 heterocycles. The van der Waals surface area contributed by atoms with Gasteiger partial charge in [-0.15, -0.1) is 0 Å². The average molecular weight is 1280 g/mol. The first-order valence-corrected chi connectivity index (χ1v) is 41.7. The number of rotatable bonds is 79. The van der Waals surface area contributed by atoms with Crippen LogP contribution >= 0.6 is 0 Å². The van der Waals surface area contributed by atoms with Gasteiger partial charge in [-0.2, -0.15) is 0 Å². The normalized spacial score (nSPS) is 12.6. The molecule has 0 fully saturated rings. The van der Waals surface area contributed by atoms with E-state index in [-0.39, 0.29) is 18.5 Å². The molecule has 538 valence electrons. The first kappa shape index (κ1) is 89.1. The fraction of sp³-hybridized carbons (Fsp3) is 0.906. The summed E-state index contributed by atoms with van der Waals surface area (Å²) in [6, 6.07) is -0.541. The van der Waals surface area contributed by atoms with Gasteiger partial charge in [0.05, 0.1) is 25.4 Å². The van der Waals surface area contributed by atoms with Gasteiger partial charge in [0.1, 0.15) is 0 Å². The van der Waals surface area contributed by atoms with Gasteiger partial charge in [0.2, 0.25) is 5.91 Å². The van der Waals surface area contributed by atoms with Gasteiger partial charge in [-0.1, -0.05) is 410 Å². The van der Waals surface area contributed by atoms with Crippen LogP contribution in [0.25, 0.3) is 0 Å². The maximum absolute atomic E-state index is 12.6. The van der Waals surface area contributed by atoms with Crippen LogP contribution in [-0.4, -0.2) is 47.4 Å². The fourth-order valence-corrected chi connectivity index (χ4v) is 13.3. The Bertz CT molecular complexity index is 1470. The molecule has 0 saturated carbocycles. The average Bonchev–Trinajstić information content (AvgIpc) is 3.69. The number of carbonyl (C=O) groups is 2. The third-order valence-corrected chi connectivity index (χ3v) is 19.7. The van der Waals surface area contributed by atoms with E-state index in [0.29, 0.717) is 25.9 Å². The number of allylic oxidation sites excluding steroid dienone is 6. The molecule has 0 aromatic rings. The number of unbranched alkanes of at least 4 members (excludes halogenated alkanes) is 62. The number of hydrogen-bond donors (Lipinski definition) is 3. The van der Waals surface area contributed by atoms with Gasteiger partial charge < -0.3 is 20.3 Å². The smallest absolute Gasteiger partial charge is 0.305 e. The van der Waals surface area contributed by atoms with Crippen LogP contribution in [0.4, 0.5) is 0 Å². The second-order valence-electron chi connectivity index (χ2n) is 28.8. The van der Waals surface area contributed by atoms with E-state index < -0.39 is 12.1 Å². The zero-order valence-corrected chi connectivity index (χ0v) is 61.9. The molecule has 2 atom stereocenters. The van der Waals surface area contributed by atoms with Crippen molar-refractivity contribution in [2.24, 2.45) is 0 Å². The van der Waals surface area contributed by atoms with Crippen molar-refractivity contribution in [3.8, 4) is 0 Å². The molecule has 6 nitrogen and oxygen atoms in total. The molecule has 0 aliphatic heterocycles. The van der Waals surface area contributed by atoms with Crippen LogP contribution in [0.1, 0.15) is 470 Å². The molecule has 0 radical (unpaired) electrons. The topological polar surface area (TPSA) is 95.9 Å². The molecular weight excluding hydrogens is 1110 g/mol. The predicted molar refractivity (Wildman–Crippen MR) is 403 cm³/mol. The van der Waals surface area contributed by atoms with Crippen LogP contribution in [0.5, 0.6) is 0 Å². The molecule has 3 N–H and O–H groups in total. The largest absolute Gasteiger partial charge is 0.466 e. The summed E-state index contributed by atoms with van der Waals surface area (Å²) in [7, 11) is 0. The third-order valence-electron chi connectivity index (χ3n) is 19.7. The van der Waals surface area contributed by atoms with Crippen molar-refractivity contribution in [1.29, 1.82) is 0 Å². The molecule has 0 bridgehead atoms. The molecule has 0 aromatic carbocycles. The summed E-state index contributed by atoms with van der Waals surface area (Å²) >= 11 is 0. The Morgan fingerprint density at radius 2 is 0.549 bits per heavy atom. The second-order valence-corrected chi connectivity index (χ2v) is 28.8. The minimum absolute atomic E-state index is 0.0116. The van der Waals surface area contributed by atoms with E-state index in [9.17, 15) is 19.8 Å². The van der Waals surface area contributed by atoms with Crippen molar-refractivity contribution in [1.82, 2.24) is 5.32 Å². The Morgan fingerprint density at radius 1 is 0.308 bits per heavy atom. The van der Waals surface area contributed by atoms with Gasteiger partial charge in [0, 0.05) is 12.8 Å². The van der Waals surface area contributed by atoms with E-state index in [2.05, 4.69) is 55.6 Å². The molecule has 0 aliphatic carbocycles. The highest BCUT2D eigenvalue weighted by atomic mass is 16.5. The Kier molecular flexibility index (Phi) is 78.8. The highest BCUT2D eigenvalue weighted by Crippen LogP contribution is 2.20. The number of hydrogen-bond acceptors (Lipinski definition) is 5. The van der Waals surface area contributed by atoms with Gasteiger partial charge in [0.15, 0.2) is 0 Å². The Hall–Kier alpha value is -1.92. The zero-order valence-electron chi connectivity index (χ0n) is 61.9. The van der Waals surface area contributed by atoms with Crippen molar-refractivity contribution >= 4 is 11.9 Å². The molecule has 0 aromatic heterocycles. The third kappa shape index (κ3) is 77.0. The summed E-state index contributed by atoms with van der Waals surface area (Å²) in [6.45, 7) is 5.00. The molecular formula is C85H163NO5. The van der Waals surface area contributed by atoms with Crippen LogP contribution in [0.3, 0.4) is 0 Å². The lowest BCUT2D eigenvalue weighted by Gasteiger charge is -2.22. The highest BCUT2D eigenvalue weighted by Gasteiger charge is 2.20. The van der Waals surface area contributed by atoms with Crippen molar-refractivity contribution in [3.63, 3.8) is 0 Å². The Balaban J connectivity index is 3.36. The van der Waals surface area contributed by atoms with E-state index in [1.807, 2.05) is 0 Å². The maximum atomic E-state index is 12.6. The van der Waals surface area contributed by atoms with Crippen molar-refractivity contribution in [2.75, 3.05) is 13.2 Å². The first-order chi connectivity index (χ1) is 45.0. The van der Waals surface area contributed by atoms with E-state index >= 15 is 0 Å². The maximum Gasteiger partial charge on any atom is 0.305 e. The van der Waals surface area contributed by atoms with Gasteiger partial charge >= 0.3 is 5.97 Å². The zero-order chi connectivity index (χ0) is 65.6. The minimum Gasteiger partial charge on any atom is -0.466 e.